The molecule has 4 atom stereocenters. The molecule has 0 aromatic heterocycles. The molecule has 2 rings (SSSR count). The van der Waals surface area contributed by atoms with E-state index >= 15 is 0 Å². The maximum Gasteiger partial charge on any atom is 0.144 e. The SMILES string of the molecule is CCOc1cc(NC(C)CC)cc2c1NC(C)(CC)C(C)C2C. The second kappa shape index (κ2) is 7.02. The van der Waals surface area contributed by atoms with Gasteiger partial charge in [0.2, 0.25) is 0 Å². The van der Waals surface area contributed by atoms with Crippen molar-refractivity contribution in [3.05, 3.63) is 17.7 Å². The van der Waals surface area contributed by atoms with Crippen LogP contribution in [0.15, 0.2) is 12.1 Å². The molecule has 1 aliphatic rings. The van der Waals surface area contributed by atoms with Crippen LogP contribution in [0.3, 0.4) is 0 Å². The fourth-order valence-corrected chi connectivity index (χ4v) is 3.50. The highest BCUT2D eigenvalue weighted by molar-refractivity contribution is 5.72. The van der Waals surface area contributed by atoms with Crippen LogP contribution in [0.4, 0.5) is 11.4 Å². The van der Waals surface area contributed by atoms with E-state index in [1.165, 1.54) is 16.9 Å². The molecule has 3 heteroatoms. The monoisotopic (exact) mass is 318 g/mol. The molecule has 0 bridgehead atoms. The standard InChI is InChI=1S/C20H34N2O/c1-8-13(4)21-16-11-17-14(5)15(6)20(7,9-2)22-19(17)18(12-16)23-10-3/h11-15,21-22H,8-10H2,1-7H3. The smallest absolute Gasteiger partial charge is 0.144 e. The van der Waals surface area contributed by atoms with Crippen molar-refractivity contribution in [2.75, 3.05) is 17.2 Å². The van der Waals surface area contributed by atoms with Crippen LogP contribution >= 0.6 is 0 Å². The molecule has 3 nitrogen and oxygen atoms in total. The number of ether oxygens (including phenoxy) is 1. The largest absolute Gasteiger partial charge is 0.492 e. The number of rotatable bonds is 6. The summed E-state index contributed by atoms with van der Waals surface area (Å²) in [5.41, 5.74) is 3.85. The summed E-state index contributed by atoms with van der Waals surface area (Å²) in [5, 5.41) is 7.40. The average molecular weight is 319 g/mol. The molecule has 0 amide bonds. The van der Waals surface area contributed by atoms with Crippen LogP contribution in [-0.2, 0) is 0 Å². The zero-order valence-electron chi connectivity index (χ0n) is 15.9. The normalized spacial score (nSPS) is 27.8. The van der Waals surface area contributed by atoms with Gasteiger partial charge < -0.3 is 15.4 Å². The van der Waals surface area contributed by atoms with Crippen LogP contribution in [0.1, 0.15) is 72.8 Å². The Morgan fingerprint density at radius 3 is 2.52 bits per heavy atom. The molecule has 0 fully saturated rings. The molecule has 2 N–H and O–H groups in total. The number of anilines is 2. The summed E-state index contributed by atoms with van der Waals surface area (Å²) in [6.07, 6.45) is 2.22. The third-order valence-corrected chi connectivity index (χ3v) is 5.85. The molecule has 1 aromatic rings. The highest BCUT2D eigenvalue weighted by atomic mass is 16.5. The van der Waals surface area contributed by atoms with E-state index in [9.17, 15) is 0 Å². The third-order valence-electron chi connectivity index (χ3n) is 5.85. The van der Waals surface area contributed by atoms with Crippen LogP contribution in [0, 0.1) is 5.92 Å². The van der Waals surface area contributed by atoms with Crippen molar-refractivity contribution >= 4 is 11.4 Å². The quantitative estimate of drug-likeness (QED) is 0.713. The fraction of sp³-hybridized carbons (Fsp3) is 0.700. The summed E-state index contributed by atoms with van der Waals surface area (Å²) in [7, 11) is 0. The van der Waals surface area contributed by atoms with Crippen LogP contribution in [-0.4, -0.2) is 18.2 Å². The van der Waals surface area contributed by atoms with E-state index in [1.807, 2.05) is 0 Å². The molecule has 1 aromatic carbocycles. The van der Waals surface area contributed by atoms with Gasteiger partial charge in [-0.2, -0.15) is 0 Å². The van der Waals surface area contributed by atoms with Gasteiger partial charge in [-0.25, -0.2) is 0 Å². The second-order valence-corrected chi connectivity index (χ2v) is 7.30. The molecular weight excluding hydrogens is 284 g/mol. The Morgan fingerprint density at radius 1 is 1.26 bits per heavy atom. The molecule has 0 aliphatic carbocycles. The lowest BCUT2D eigenvalue weighted by molar-refractivity contribution is 0.278. The molecule has 1 heterocycles. The lowest BCUT2D eigenvalue weighted by Gasteiger charge is -2.46. The first-order chi connectivity index (χ1) is 10.9. The van der Waals surface area contributed by atoms with Crippen molar-refractivity contribution in [2.45, 2.75) is 78.8 Å². The van der Waals surface area contributed by atoms with E-state index in [4.69, 9.17) is 4.74 Å². The Kier molecular flexibility index (Phi) is 5.49. The van der Waals surface area contributed by atoms with Crippen molar-refractivity contribution < 1.29 is 4.74 Å². The Labute approximate surface area is 142 Å². The second-order valence-electron chi connectivity index (χ2n) is 7.30. The van der Waals surface area contributed by atoms with Gasteiger partial charge in [0.15, 0.2) is 0 Å². The van der Waals surface area contributed by atoms with Crippen LogP contribution in [0.5, 0.6) is 5.75 Å². The Balaban J connectivity index is 2.49. The zero-order chi connectivity index (χ0) is 17.2. The van der Waals surface area contributed by atoms with Crippen molar-refractivity contribution in [2.24, 2.45) is 5.92 Å². The Bertz CT molecular complexity index is 543. The third kappa shape index (κ3) is 3.44. The molecule has 0 spiro atoms. The van der Waals surface area contributed by atoms with Crippen molar-refractivity contribution in [3.63, 3.8) is 0 Å². The summed E-state index contributed by atoms with van der Waals surface area (Å²) < 4.78 is 5.98. The number of hydrogen-bond acceptors (Lipinski definition) is 3. The first-order valence-electron chi connectivity index (χ1n) is 9.21. The van der Waals surface area contributed by atoms with Gasteiger partial charge in [-0.3, -0.25) is 0 Å². The lowest BCUT2D eigenvalue weighted by atomic mass is 9.70. The number of benzene rings is 1. The van der Waals surface area contributed by atoms with E-state index < -0.39 is 0 Å². The lowest BCUT2D eigenvalue weighted by Crippen LogP contribution is -2.46. The summed E-state index contributed by atoms with van der Waals surface area (Å²) in [5.74, 6) is 2.07. The van der Waals surface area contributed by atoms with Gasteiger partial charge in [-0.1, -0.05) is 27.7 Å². The summed E-state index contributed by atoms with van der Waals surface area (Å²) in [6.45, 7) is 16.5. The summed E-state index contributed by atoms with van der Waals surface area (Å²) in [4.78, 5) is 0. The van der Waals surface area contributed by atoms with Crippen molar-refractivity contribution in [1.82, 2.24) is 0 Å². The van der Waals surface area contributed by atoms with Gasteiger partial charge in [0.25, 0.3) is 0 Å². The first-order valence-corrected chi connectivity index (χ1v) is 9.21. The van der Waals surface area contributed by atoms with Gasteiger partial charge in [0.1, 0.15) is 5.75 Å². The molecule has 23 heavy (non-hydrogen) atoms. The van der Waals surface area contributed by atoms with Gasteiger partial charge in [0, 0.05) is 23.3 Å². The van der Waals surface area contributed by atoms with Crippen LogP contribution in [0.2, 0.25) is 0 Å². The number of nitrogens with one attached hydrogen (secondary N) is 2. The van der Waals surface area contributed by atoms with Gasteiger partial charge in [-0.05, 0) is 57.1 Å². The van der Waals surface area contributed by atoms with Gasteiger partial charge >= 0.3 is 0 Å². The molecular formula is C20H34N2O. The predicted molar refractivity (Wildman–Crippen MR) is 101 cm³/mol. The highest BCUT2D eigenvalue weighted by Crippen LogP contribution is 2.49. The molecule has 130 valence electrons. The zero-order valence-corrected chi connectivity index (χ0v) is 15.9. The minimum atomic E-state index is 0.115. The number of fused-ring (bicyclic) bond motifs is 1. The molecule has 0 saturated carbocycles. The van der Waals surface area contributed by atoms with E-state index in [1.54, 1.807) is 0 Å². The van der Waals surface area contributed by atoms with Crippen molar-refractivity contribution in [3.8, 4) is 5.75 Å². The fourth-order valence-electron chi connectivity index (χ4n) is 3.50. The van der Waals surface area contributed by atoms with E-state index in [0.29, 0.717) is 24.5 Å². The maximum absolute atomic E-state index is 5.98. The maximum atomic E-state index is 5.98. The number of hydrogen-bond donors (Lipinski definition) is 2. The van der Waals surface area contributed by atoms with Crippen LogP contribution in [0.25, 0.3) is 0 Å². The Hall–Kier alpha value is -1.38. The molecule has 1 aliphatic heterocycles. The topological polar surface area (TPSA) is 33.3 Å². The van der Waals surface area contributed by atoms with Crippen molar-refractivity contribution in [1.29, 1.82) is 0 Å². The van der Waals surface area contributed by atoms with E-state index in [2.05, 4.69) is 71.2 Å². The summed E-state index contributed by atoms with van der Waals surface area (Å²) in [6, 6.07) is 4.93. The van der Waals surface area contributed by atoms with E-state index in [0.717, 1.165) is 18.6 Å². The summed E-state index contributed by atoms with van der Waals surface area (Å²) >= 11 is 0. The average Bonchev–Trinajstić information content (AvgIpc) is 2.54. The predicted octanol–water partition coefficient (Wildman–Crippen LogP) is 5.63. The molecule has 4 unspecified atom stereocenters. The highest BCUT2D eigenvalue weighted by Gasteiger charge is 2.40. The van der Waals surface area contributed by atoms with Gasteiger partial charge in [0.05, 0.1) is 12.3 Å². The Morgan fingerprint density at radius 2 is 1.96 bits per heavy atom. The molecule has 0 saturated heterocycles. The minimum absolute atomic E-state index is 0.115. The first kappa shape index (κ1) is 18.0. The van der Waals surface area contributed by atoms with Crippen LogP contribution < -0.4 is 15.4 Å². The minimum Gasteiger partial charge on any atom is -0.492 e. The van der Waals surface area contributed by atoms with Gasteiger partial charge in [-0.15, -0.1) is 0 Å². The van der Waals surface area contributed by atoms with E-state index in [-0.39, 0.29) is 5.54 Å². The molecule has 0 radical (unpaired) electrons.